The van der Waals surface area contributed by atoms with E-state index < -0.39 is 10.5 Å². The standard InChI is InChI=1S/C18H18FN7O3/c1-18(11-24-9-15(26(27)28)21-17(24)29-18)10-23-6-7-25-14(8-23)20-16(22-25)12-2-4-13(19)5-3-12/h2-5,9H,6-8,10-11H2,1H3/t18-/m0/s1. The molecule has 4 heterocycles. The van der Waals surface area contributed by atoms with Gasteiger partial charge < -0.3 is 14.9 Å². The summed E-state index contributed by atoms with van der Waals surface area (Å²) in [6.07, 6.45) is 1.41. The highest BCUT2D eigenvalue weighted by Gasteiger charge is 2.42. The number of benzene rings is 1. The largest absolute Gasteiger partial charge is 0.436 e. The zero-order valence-electron chi connectivity index (χ0n) is 15.7. The van der Waals surface area contributed by atoms with Gasteiger partial charge in [0.05, 0.1) is 19.6 Å². The molecule has 2 aliphatic rings. The first-order valence-electron chi connectivity index (χ1n) is 9.21. The SMILES string of the molecule is C[C@]1(CN2CCn3nc(-c4ccc(F)cc4)nc3C2)Cn2cc([N+](=O)[O-])nc2O1. The van der Waals surface area contributed by atoms with Gasteiger partial charge in [-0.25, -0.2) is 14.1 Å². The first-order valence-corrected chi connectivity index (χ1v) is 9.21. The average molecular weight is 399 g/mol. The lowest BCUT2D eigenvalue weighted by Crippen LogP contribution is -2.47. The second kappa shape index (κ2) is 6.34. The zero-order chi connectivity index (χ0) is 20.2. The molecule has 0 aliphatic carbocycles. The molecule has 10 nitrogen and oxygen atoms in total. The first-order chi connectivity index (χ1) is 13.9. The van der Waals surface area contributed by atoms with Crippen molar-refractivity contribution in [3.8, 4) is 17.4 Å². The van der Waals surface area contributed by atoms with Crippen molar-refractivity contribution in [3.05, 3.63) is 52.2 Å². The van der Waals surface area contributed by atoms with Crippen molar-refractivity contribution >= 4 is 5.82 Å². The Labute approximate surface area is 164 Å². The van der Waals surface area contributed by atoms with Crippen LogP contribution < -0.4 is 4.74 Å². The first kappa shape index (κ1) is 17.7. The number of halogens is 1. The second-order valence-corrected chi connectivity index (χ2v) is 7.61. The van der Waals surface area contributed by atoms with Crippen LogP contribution in [-0.2, 0) is 19.6 Å². The normalized spacial score (nSPS) is 20.9. The maximum Gasteiger partial charge on any atom is 0.415 e. The maximum absolute atomic E-state index is 13.1. The minimum Gasteiger partial charge on any atom is -0.436 e. The van der Waals surface area contributed by atoms with Crippen LogP contribution in [0, 0.1) is 15.9 Å². The molecule has 0 spiro atoms. The molecule has 150 valence electrons. The molecule has 0 radical (unpaired) electrons. The van der Waals surface area contributed by atoms with Gasteiger partial charge in [-0.15, -0.1) is 0 Å². The molecule has 0 amide bonds. The van der Waals surface area contributed by atoms with Crippen LogP contribution in [0.3, 0.4) is 0 Å². The van der Waals surface area contributed by atoms with Crippen molar-refractivity contribution in [2.75, 3.05) is 13.1 Å². The monoisotopic (exact) mass is 399 g/mol. The van der Waals surface area contributed by atoms with E-state index in [-0.39, 0.29) is 17.6 Å². The van der Waals surface area contributed by atoms with Crippen molar-refractivity contribution in [2.45, 2.75) is 32.2 Å². The van der Waals surface area contributed by atoms with Gasteiger partial charge in [0.1, 0.15) is 23.4 Å². The summed E-state index contributed by atoms with van der Waals surface area (Å²) < 4.78 is 22.6. The quantitative estimate of drug-likeness (QED) is 0.487. The van der Waals surface area contributed by atoms with Crippen molar-refractivity contribution in [1.82, 2.24) is 29.2 Å². The number of aromatic nitrogens is 5. The fraction of sp³-hybridized carbons (Fsp3) is 0.389. The van der Waals surface area contributed by atoms with E-state index in [9.17, 15) is 14.5 Å². The van der Waals surface area contributed by atoms with E-state index in [4.69, 9.17) is 4.74 Å². The molecular formula is C18H18FN7O3. The summed E-state index contributed by atoms with van der Waals surface area (Å²) in [5, 5.41) is 15.4. The van der Waals surface area contributed by atoms with Gasteiger partial charge in [-0.2, -0.15) is 5.10 Å². The Bertz CT molecular complexity index is 1070. The zero-order valence-corrected chi connectivity index (χ0v) is 15.7. The highest BCUT2D eigenvalue weighted by molar-refractivity contribution is 5.54. The number of nitro groups is 1. The molecule has 0 unspecified atom stereocenters. The molecule has 1 atom stereocenters. The number of hydrogen-bond donors (Lipinski definition) is 0. The predicted octanol–water partition coefficient (Wildman–Crippen LogP) is 1.86. The summed E-state index contributed by atoms with van der Waals surface area (Å²) in [5.74, 6) is 0.920. The van der Waals surface area contributed by atoms with Gasteiger partial charge in [0.2, 0.25) is 0 Å². The van der Waals surface area contributed by atoms with Gasteiger partial charge in [-0.3, -0.25) is 9.47 Å². The molecule has 0 N–H and O–H groups in total. The number of hydrogen-bond acceptors (Lipinski definition) is 7. The number of fused-ring (bicyclic) bond motifs is 2. The molecule has 29 heavy (non-hydrogen) atoms. The summed E-state index contributed by atoms with van der Waals surface area (Å²) in [5.41, 5.74) is 0.248. The molecule has 0 saturated carbocycles. The Balaban J connectivity index is 1.28. The Morgan fingerprint density at radius 3 is 2.79 bits per heavy atom. The van der Waals surface area contributed by atoms with Crippen LogP contribution >= 0.6 is 0 Å². The second-order valence-electron chi connectivity index (χ2n) is 7.61. The van der Waals surface area contributed by atoms with Crippen LogP contribution in [-0.4, -0.2) is 52.8 Å². The van der Waals surface area contributed by atoms with Crippen LogP contribution in [0.25, 0.3) is 11.4 Å². The van der Waals surface area contributed by atoms with E-state index in [1.807, 2.05) is 11.6 Å². The highest BCUT2D eigenvalue weighted by Crippen LogP contribution is 2.32. The topological polar surface area (TPSA) is 104 Å². The lowest BCUT2D eigenvalue weighted by Gasteiger charge is -2.32. The summed E-state index contributed by atoms with van der Waals surface area (Å²) in [6.45, 7) is 5.17. The molecule has 0 bridgehead atoms. The smallest absolute Gasteiger partial charge is 0.415 e. The lowest BCUT2D eigenvalue weighted by atomic mass is 10.1. The maximum atomic E-state index is 13.1. The lowest BCUT2D eigenvalue weighted by molar-refractivity contribution is -0.389. The van der Waals surface area contributed by atoms with Gasteiger partial charge in [0, 0.05) is 23.6 Å². The molecule has 5 rings (SSSR count). The van der Waals surface area contributed by atoms with E-state index >= 15 is 0 Å². The van der Waals surface area contributed by atoms with E-state index in [2.05, 4.69) is 20.0 Å². The Morgan fingerprint density at radius 1 is 1.28 bits per heavy atom. The van der Waals surface area contributed by atoms with E-state index in [0.29, 0.717) is 32.0 Å². The average Bonchev–Trinajstić information content (AvgIpc) is 3.33. The molecule has 1 aromatic carbocycles. The van der Waals surface area contributed by atoms with Crippen molar-refractivity contribution in [1.29, 1.82) is 0 Å². The number of ether oxygens (including phenoxy) is 1. The Hall–Kier alpha value is -3.34. The molecule has 11 heteroatoms. The van der Waals surface area contributed by atoms with Crippen molar-refractivity contribution in [3.63, 3.8) is 0 Å². The van der Waals surface area contributed by atoms with Crippen LogP contribution in [0.15, 0.2) is 30.5 Å². The van der Waals surface area contributed by atoms with Gasteiger partial charge in [0.15, 0.2) is 5.82 Å². The molecule has 2 aromatic heterocycles. The van der Waals surface area contributed by atoms with Gasteiger partial charge in [-0.05, 0) is 36.1 Å². The van der Waals surface area contributed by atoms with Crippen LogP contribution in [0.2, 0.25) is 0 Å². The fourth-order valence-corrected chi connectivity index (χ4v) is 3.88. The highest BCUT2D eigenvalue weighted by atomic mass is 19.1. The molecule has 0 fully saturated rings. The summed E-state index contributed by atoms with van der Waals surface area (Å²) in [6, 6.07) is 6.41. The van der Waals surface area contributed by atoms with Gasteiger partial charge in [-0.1, -0.05) is 0 Å². The predicted molar refractivity (Wildman–Crippen MR) is 98.6 cm³/mol. The third kappa shape index (κ3) is 3.23. The molecule has 2 aliphatic heterocycles. The minimum absolute atomic E-state index is 0.207. The van der Waals surface area contributed by atoms with Gasteiger partial charge in [0.25, 0.3) is 0 Å². The summed E-state index contributed by atoms with van der Waals surface area (Å²) >= 11 is 0. The summed E-state index contributed by atoms with van der Waals surface area (Å²) in [4.78, 5) is 21.1. The van der Waals surface area contributed by atoms with Crippen LogP contribution in [0.1, 0.15) is 12.7 Å². The minimum atomic E-state index is -0.528. The van der Waals surface area contributed by atoms with E-state index in [1.165, 1.54) is 18.3 Å². The van der Waals surface area contributed by atoms with Crippen molar-refractivity contribution < 1.29 is 14.1 Å². The summed E-state index contributed by atoms with van der Waals surface area (Å²) in [7, 11) is 0. The van der Waals surface area contributed by atoms with E-state index in [1.54, 1.807) is 16.7 Å². The molecule has 0 saturated heterocycles. The number of rotatable bonds is 4. The third-order valence-electron chi connectivity index (χ3n) is 5.16. The van der Waals surface area contributed by atoms with Crippen LogP contribution in [0.4, 0.5) is 10.2 Å². The van der Waals surface area contributed by atoms with Crippen molar-refractivity contribution in [2.24, 2.45) is 0 Å². The van der Waals surface area contributed by atoms with E-state index in [0.717, 1.165) is 17.9 Å². The molecule has 3 aromatic rings. The Kier molecular flexibility index (Phi) is 3.88. The number of imidazole rings is 1. The Morgan fingerprint density at radius 2 is 2.07 bits per heavy atom. The molecular weight excluding hydrogens is 381 g/mol. The van der Waals surface area contributed by atoms with Gasteiger partial charge >= 0.3 is 11.8 Å². The van der Waals surface area contributed by atoms with Crippen LogP contribution in [0.5, 0.6) is 6.01 Å². The third-order valence-corrected chi connectivity index (χ3v) is 5.16. The fourth-order valence-electron chi connectivity index (χ4n) is 3.88. The number of nitrogens with zero attached hydrogens (tertiary/aromatic N) is 7.